The molecule has 6 nitrogen and oxygen atoms in total. The van der Waals surface area contributed by atoms with Crippen LogP contribution >= 0.6 is 11.6 Å². The van der Waals surface area contributed by atoms with Crippen LogP contribution < -0.4 is 4.74 Å². The molecule has 0 radical (unpaired) electrons. The van der Waals surface area contributed by atoms with Gasteiger partial charge in [0.15, 0.2) is 0 Å². The van der Waals surface area contributed by atoms with Crippen molar-refractivity contribution < 1.29 is 9.53 Å². The van der Waals surface area contributed by atoms with Gasteiger partial charge in [0.25, 0.3) is 0 Å². The highest BCUT2D eigenvalue weighted by molar-refractivity contribution is 6.31. The maximum atomic E-state index is 11.9. The Morgan fingerprint density at radius 2 is 2.16 bits per heavy atom. The average molecular weight is 445 g/mol. The summed E-state index contributed by atoms with van der Waals surface area (Å²) in [6.07, 6.45) is 7.22. The summed E-state index contributed by atoms with van der Waals surface area (Å²) in [4.78, 5) is 26.1. The Bertz CT molecular complexity index is 1320. The molecule has 4 heterocycles. The lowest BCUT2D eigenvalue weighted by molar-refractivity contribution is -0.125. The van der Waals surface area contributed by atoms with Crippen LogP contribution in [-0.2, 0) is 4.79 Å². The molecule has 0 aliphatic carbocycles. The molecule has 7 heteroatoms. The minimum Gasteiger partial charge on any atom is -0.486 e. The number of ether oxygens (including phenoxy) is 1. The number of aromatic nitrogens is 3. The summed E-state index contributed by atoms with van der Waals surface area (Å²) in [5.74, 6) is 0.577. The minimum absolute atomic E-state index is 0.0764. The summed E-state index contributed by atoms with van der Waals surface area (Å²) in [5.41, 5.74) is 5.45. The van der Waals surface area contributed by atoms with Gasteiger partial charge < -0.3 is 14.6 Å². The summed E-state index contributed by atoms with van der Waals surface area (Å²) in [5, 5.41) is 0.655. The number of H-pyrrole nitrogens is 1. The maximum absolute atomic E-state index is 11.9. The molecule has 1 aromatic carbocycles. The fraction of sp³-hybridized carbons (Fsp3) is 0.160. The molecule has 1 amide bonds. The third-order valence-corrected chi connectivity index (χ3v) is 5.88. The van der Waals surface area contributed by atoms with Gasteiger partial charge in [-0.15, -0.1) is 0 Å². The van der Waals surface area contributed by atoms with Crippen molar-refractivity contribution in [2.45, 2.75) is 12.5 Å². The number of nitrogens with one attached hydrogen (secondary N) is 1. The predicted molar refractivity (Wildman–Crippen MR) is 126 cm³/mol. The Kier molecular flexibility index (Phi) is 5.37. The number of carbonyl (C=O) groups excluding carboxylic acids is 1. The third kappa shape index (κ3) is 3.74. The smallest absolute Gasteiger partial charge is 0.246 e. The molecular formula is C25H21ClN4O2. The van der Waals surface area contributed by atoms with Crippen LogP contribution in [0.3, 0.4) is 0 Å². The molecule has 160 valence electrons. The van der Waals surface area contributed by atoms with Crippen LogP contribution in [-0.4, -0.2) is 45.0 Å². The van der Waals surface area contributed by atoms with Crippen molar-refractivity contribution in [1.29, 1.82) is 0 Å². The highest BCUT2D eigenvalue weighted by Gasteiger charge is 2.28. The first-order chi connectivity index (χ1) is 15.6. The van der Waals surface area contributed by atoms with E-state index in [0.29, 0.717) is 23.9 Å². The van der Waals surface area contributed by atoms with Crippen LogP contribution in [0.1, 0.15) is 6.42 Å². The summed E-state index contributed by atoms with van der Waals surface area (Å²) in [7, 11) is 0. The second kappa shape index (κ2) is 8.48. The van der Waals surface area contributed by atoms with Crippen LogP contribution in [0.5, 0.6) is 5.75 Å². The van der Waals surface area contributed by atoms with Crippen LogP contribution in [0.15, 0.2) is 73.7 Å². The summed E-state index contributed by atoms with van der Waals surface area (Å²) >= 11 is 6.30. The van der Waals surface area contributed by atoms with Crippen molar-refractivity contribution in [1.82, 2.24) is 19.9 Å². The van der Waals surface area contributed by atoms with E-state index in [0.717, 1.165) is 39.8 Å². The van der Waals surface area contributed by atoms with Crippen LogP contribution in [0.4, 0.5) is 0 Å². The number of hydrogen-bond donors (Lipinski definition) is 1. The van der Waals surface area contributed by atoms with Crippen LogP contribution in [0.2, 0.25) is 5.02 Å². The Balaban J connectivity index is 1.58. The number of hydrogen-bond acceptors (Lipinski definition) is 4. The quantitative estimate of drug-likeness (QED) is 0.434. The van der Waals surface area contributed by atoms with Crippen molar-refractivity contribution >= 4 is 28.5 Å². The standard InChI is InChI=1S/C25H21ClN4O2/c1-2-22(31)30-12-9-18(15-30)32-21-14-27-11-8-19(21)24-23(16-5-3-6-17(26)13-16)25-20(29-24)7-4-10-28-25/h2-8,10-11,13-14,18,29H,1,9,12,15H2/t18-/m1/s1. The van der Waals surface area contributed by atoms with Gasteiger partial charge in [-0.2, -0.15) is 0 Å². The van der Waals surface area contributed by atoms with E-state index in [9.17, 15) is 4.79 Å². The fourth-order valence-corrected chi connectivity index (χ4v) is 4.35. The molecule has 1 atom stereocenters. The Morgan fingerprint density at radius 1 is 1.25 bits per heavy atom. The lowest BCUT2D eigenvalue weighted by atomic mass is 10.0. The van der Waals surface area contributed by atoms with E-state index in [2.05, 4.69) is 21.5 Å². The van der Waals surface area contributed by atoms with Crippen molar-refractivity contribution in [2.75, 3.05) is 13.1 Å². The lowest BCUT2D eigenvalue weighted by Gasteiger charge is -2.18. The molecule has 1 saturated heterocycles. The van der Waals surface area contributed by atoms with E-state index in [1.165, 1.54) is 6.08 Å². The van der Waals surface area contributed by atoms with Gasteiger partial charge in [0.1, 0.15) is 11.9 Å². The molecule has 1 aliphatic rings. The van der Waals surface area contributed by atoms with Crippen molar-refractivity contribution in [3.8, 4) is 28.1 Å². The first-order valence-corrected chi connectivity index (χ1v) is 10.8. The molecule has 0 saturated carbocycles. The first kappa shape index (κ1) is 20.3. The number of amides is 1. The minimum atomic E-state index is -0.112. The molecule has 1 aliphatic heterocycles. The van der Waals surface area contributed by atoms with E-state index < -0.39 is 0 Å². The molecule has 3 aromatic heterocycles. The van der Waals surface area contributed by atoms with Crippen LogP contribution in [0, 0.1) is 0 Å². The fourth-order valence-electron chi connectivity index (χ4n) is 4.16. The topological polar surface area (TPSA) is 71.1 Å². The molecule has 5 rings (SSSR count). The van der Waals surface area contributed by atoms with Crippen molar-refractivity contribution in [3.05, 3.63) is 78.7 Å². The molecule has 1 N–H and O–H groups in total. The molecule has 0 spiro atoms. The summed E-state index contributed by atoms with van der Waals surface area (Å²) in [6, 6.07) is 13.6. The van der Waals surface area contributed by atoms with Crippen molar-refractivity contribution in [3.63, 3.8) is 0 Å². The largest absolute Gasteiger partial charge is 0.486 e. The lowest BCUT2D eigenvalue weighted by Crippen LogP contribution is -2.29. The zero-order valence-electron chi connectivity index (χ0n) is 17.3. The maximum Gasteiger partial charge on any atom is 0.246 e. The summed E-state index contributed by atoms with van der Waals surface area (Å²) in [6.45, 7) is 4.74. The molecule has 4 aromatic rings. The average Bonchev–Trinajstić information content (AvgIpc) is 3.43. The van der Waals surface area contributed by atoms with E-state index in [1.807, 2.05) is 42.5 Å². The van der Waals surface area contributed by atoms with Gasteiger partial charge in [-0.1, -0.05) is 30.3 Å². The number of rotatable bonds is 5. The van der Waals surface area contributed by atoms with Gasteiger partial charge in [0.2, 0.25) is 5.91 Å². The predicted octanol–water partition coefficient (Wildman–Crippen LogP) is 5.11. The van der Waals surface area contributed by atoms with Crippen molar-refractivity contribution in [2.24, 2.45) is 0 Å². The number of fused-ring (bicyclic) bond motifs is 1. The van der Waals surface area contributed by atoms with E-state index in [-0.39, 0.29) is 12.0 Å². The molecule has 1 fully saturated rings. The van der Waals surface area contributed by atoms with Gasteiger partial charge in [-0.05, 0) is 42.0 Å². The highest BCUT2D eigenvalue weighted by Crippen LogP contribution is 2.41. The Labute approximate surface area is 190 Å². The number of aromatic amines is 1. The van der Waals surface area contributed by atoms with Gasteiger partial charge in [-0.25, -0.2) is 0 Å². The molecule has 0 unspecified atom stereocenters. The number of pyridine rings is 2. The number of benzene rings is 1. The Morgan fingerprint density at radius 3 is 3.00 bits per heavy atom. The third-order valence-electron chi connectivity index (χ3n) is 5.65. The van der Waals surface area contributed by atoms with Gasteiger partial charge in [-0.3, -0.25) is 14.8 Å². The number of likely N-dealkylation sites (tertiary alicyclic amines) is 1. The van der Waals surface area contributed by atoms with Gasteiger partial charge >= 0.3 is 0 Å². The Hall–Kier alpha value is -3.64. The molecule has 0 bridgehead atoms. The zero-order chi connectivity index (χ0) is 22.1. The van der Waals surface area contributed by atoms with Crippen LogP contribution in [0.25, 0.3) is 33.4 Å². The summed E-state index contributed by atoms with van der Waals surface area (Å²) < 4.78 is 6.34. The normalized spacial score (nSPS) is 15.8. The monoisotopic (exact) mass is 444 g/mol. The second-order valence-electron chi connectivity index (χ2n) is 7.67. The second-order valence-corrected chi connectivity index (χ2v) is 8.11. The van der Waals surface area contributed by atoms with Gasteiger partial charge in [0.05, 0.1) is 29.5 Å². The zero-order valence-corrected chi connectivity index (χ0v) is 18.0. The first-order valence-electron chi connectivity index (χ1n) is 10.4. The SMILES string of the molecule is C=CC(=O)N1CC[C@@H](Oc2cnccc2-c2[nH]c3cccnc3c2-c2cccc(Cl)c2)C1. The number of halogens is 1. The number of nitrogens with zero attached hydrogens (tertiary/aromatic N) is 3. The van der Waals surface area contributed by atoms with E-state index in [1.54, 1.807) is 23.5 Å². The van der Waals surface area contributed by atoms with Gasteiger partial charge in [0, 0.05) is 41.5 Å². The number of carbonyl (C=O) groups is 1. The molecule has 32 heavy (non-hydrogen) atoms. The molecular weight excluding hydrogens is 424 g/mol. The van der Waals surface area contributed by atoms with E-state index in [4.69, 9.17) is 16.3 Å². The highest BCUT2D eigenvalue weighted by atomic mass is 35.5. The van der Waals surface area contributed by atoms with E-state index >= 15 is 0 Å².